The van der Waals surface area contributed by atoms with Crippen LogP contribution in [0.5, 0.6) is 11.6 Å². The Morgan fingerprint density at radius 1 is 1.38 bits per heavy atom. The number of hydrogen-bond donors (Lipinski definition) is 1. The number of nitrogen functional groups attached to an aromatic ring is 1. The topological polar surface area (TPSA) is 73.2 Å². The van der Waals surface area contributed by atoms with Crippen LogP contribution in [0.15, 0.2) is 36.4 Å². The van der Waals surface area contributed by atoms with Crippen LogP contribution in [-0.4, -0.2) is 17.3 Å². The molecular weight excluding hydrogens is 266 g/mol. The van der Waals surface area contributed by atoms with Gasteiger partial charge in [-0.3, -0.25) is 4.57 Å². The summed E-state index contributed by atoms with van der Waals surface area (Å²) in [5.74, 6) is 1.20. The molecule has 108 valence electrons. The third kappa shape index (κ3) is 2.86. The molecule has 1 fully saturated rings. The van der Waals surface area contributed by atoms with Gasteiger partial charge in [-0.15, -0.1) is 0 Å². The number of nitriles is 1. The van der Waals surface area contributed by atoms with Crippen molar-refractivity contribution in [1.29, 1.82) is 5.26 Å². The van der Waals surface area contributed by atoms with Crippen molar-refractivity contribution >= 4 is 5.69 Å². The average Bonchev–Trinajstić information content (AvgIpc) is 3.11. The van der Waals surface area contributed by atoms with Gasteiger partial charge in [0.2, 0.25) is 5.88 Å². The quantitative estimate of drug-likeness (QED) is 0.936. The molecule has 21 heavy (non-hydrogen) atoms. The van der Waals surface area contributed by atoms with Gasteiger partial charge in [-0.25, -0.2) is 0 Å². The zero-order chi connectivity index (χ0) is 14.7. The maximum Gasteiger partial charge on any atom is 0.224 e. The molecule has 0 amide bonds. The number of hydrogen-bond acceptors (Lipinski definition) is 4. The second kappa shape index (κ2) is 5.90. The Balaban J connectivity index is 1.91. The first-order valence-electron chi connectivity index (χ1n) is 7.01. The lowest BCUT2D eigenvalue weighted by Crippen LogP contribution is -2.16. The molecule has 0 spiro atoms. The second-order valence-corrected chi connectivity index (χ2v) is 5.06. The van der Waals surface area contributed by atoms with Crippen LogP contribution < -0.4 is 10.5 Å². The molecule has 0 aliphatic carbocycles. The number of aromatic nitrogens is 1. The van der Waals surface area contributed by atoms with E-state index < -0.39 is 0 Å². The van der Waals surface area contributed by atoms with Crippen molar-refractivity contribution in [3.05, 3.63) is 42.1 Å². The maximum atomic E-state index is 9.27. The minimum Gasteiger partial charge on any atom is -0.439 e. The summed E-state index contributed by atoms with van der Waals surface area (Å²) in [6.45, 7) is 1.36. The second-order valence-electron chi connectivity index (χ2n) is 5.06. The first-order chi connectivity index (χ1) is 10.3. The Kier molecular flexibility index (Phi) is 3.80. The van der Waals surface area contributed by atoms with Crippen molar-refractivity contribution in [2.24, 2.45) is 0 Å². The minimum absolute atomic E-state index is 0.113. The number of nitrogens with two attached hydrogens (primary N) is 1. The Labute approximate surface area is 123 Å². The van der Waals surface area contributed by atoms with E-state index in [2.05, 4.69) is 6.07 Å². The third-order valence-corrected chi connectivity index (χ3v) is 3.56. The highest BCUT2D eigenvalue weighted by Gasteiger charge is 2.22. The van der Waals surface area contributed by atoms with Gasteiger partial charge < -0.3 is 15.2 Å². The highest BCUT2D eigenvalue weighted by molar-refractivity contribution is 5.56. The zero-order valence-corrected chi connectivity index (χ0v) is 11.7. The predicted octanol–water partition coefficient (Wildman–Crippen LogP) is 2.91. The van der Waals surface area contributed by atoms with E-state index in [0.29, 0.717) is 29.6 Å². The summed E-state index contributed by atoms with van der Waals surface area (Å²) in [6.07, 6.45) is 2.16. The predicted molar refractivity (Wildman–Crippen MR) is 79.0 cm³/mol. The van der Waals surface area contributed by atoms with E-state index in [0.717, 1.165) is 19.4 Å². The van der Waals surface area contributed by atoms with E-state index in [4.69, 9.17) is 15.2 Å². The summed E-state index contributed by atoms with van der Waals surface area (Å²) in [7, 11) is 0. The van der Waals surface area contributed by atoms with E-state index in [9.17, 15) is 5.26 Å². The van der Waals surface area contributed by atoms with E-state index >= 15 is 0 Å². The van der Waals surface area contributed by atoms with E-state index in [1.807, 2.05) is 30.3 Å². The van der Waals surface area contributed by atoms with Gasteiger partial charge in [0.1, 0.15) is 17.5 Å². The number of para-hydroxylation sites is 1. The molecule has 1 aromatic heterocycles. The molecule has 3 rings (SSSR count). The van der Waals surface area contributed by atoms with Crippen molar-refractivity contribution in [1.82, 2.24) is 4.57 Å². The Hall–Kier alpha value is -2.45. The summed E-state index contributed by atoms with van der Waals surface area (Å²) in [6, 6.07) is 13.2. The molecule has 1 atom stereocenters. The fourth-order valence-corrected chi connectivity index (χ4v) is 2.53. The van der Waals surface area contributed by atoms with Crippen molar-refractivity contribution in [3.8, 4) is 17.7 Å². The van der Waals surface area contributed by atoms with Crippen molar-refractivity contribution in [2.45, 2.75) is 25.5 Å². The number of benzene rings is 1. The largest absolute Gasteiger partial charge is 0.439 e. The van der Waals surface area contributed by atoms with Crippen LogP contribution in [0.4, 0.5) is 5.69 Å². The van der Waals surface area contributed by atoms with Crippen LogP contribution in [0, 0.1) is 11.3 Å². The number of anilines is 1. The highest BCUT2D eigenvalue weighted by Crippen LogP contribution is 2.32. The van der Waals surface area contributed by atoms with E-state index in [1.54, 1.807) is 10.6 Å². The summed E-state index contributed by atoms with van der Waals surface area (Å²) in [5, 5.41) is 9.27. The van der Waals surface area contributed by atoms with Crippen molar-refractivity contribution < 1.29 is 9.47 Å². The van der Waals surface area contributed by atoms with E-state index in [1.165, 1.54) is 0 Å². The zero-order valence-electron chi connectivity index (χ0n) is 11.7. The molecule has 2 heterocycles. The molecule has 2 N–H and O–H groups in total. The molecule has 0 radical (unpaired) electrons. The lowest BCUT2D eigenvalue weighted by Gasteiger charge is -2.15. The number of ether oxygens (including phenoxy) is 2. The van der Waals surface area contributed by atoms with Gasteiger partial charge in [-0.05, 0) is 25.0 Å². The molecule has 1 aliphatic heterocycles. The van der Waals surface area contributed by atoms with Crippen LogP contribution in [-0.2, 0) is 11.3 Å². The fourth-order valence-electron chi connectivity index (χ4n) is 2.53. The van der Waals surface area contributed by atoms with Crippen LogP contribution in [0.3, 0.4) is 0 Å². The Morgan fingerprint density at radius 2 is 2.19 bits per heavy atom. The Morgan fingerprint density at radius 3 is 2.86 bits per heavy atom. The fraction of sp³-hybridized carbons (Fsp3) is 0.312. The van der Waals surface area contributed by atoms with Gasteiger partial charge in [0, 0.05) is 12.7 Å². The SMILES string of the molecule is N#Cc1cc(N)c(Oc2ccccc2)n1C[C@H]1CCCO1. The molecule has 1 saturated heterocycles. The maximum absolute atomic E-state index is 9.27. The number of nitrogens with zero attached hydrogens (tertiary/aromatic N) is 2. The van der Waals surface area contributed by atoms with Crippen LogP contribution >= 0.6 is 0 Å². The third-order valence-electron chi connectivity index (χ3n) is 3.56. The van der Waals surface area contributed by atoms with Gasteiger partial charge in [0.05, 0.1) is 18.3 Å². The average molecular weight is 283 g/mol. The van der Waals surface area contributed by atoms with Gasteiger partial charge in [-0.1, -0.05) is 18.2 Å². The van der Waals surface area contributed by atoms with Crippen LogP contribution in [0.1, 0.15) is 18.5 Å². The molecule has 1 aliphatic rings. The molecule has 5 nitrogen and oxygen atoms in total. The van der Waals surface area contributed by atoms with E-state index in [-0.39, 0.29) is 6.10 Å². The summed E-state index contributed by atoms with van der Waals surface area (Å²) < 4.78 is 13.3. The monoisotopic (exact) mass is 283 g/mol. The lowest BCUT2D eigenvalue weighted by atomic mass is 10.2. The standard InChI is InChI=1S/C16H17N3O2/c17-10-12-9-15(18)16(21-13-5-2-1-3-6-13)19(12)11-14-7-4-8-20-14/h1-3,5-6,9,14H,4,7-8,11,18H2/t14-/m1/s1. The summed E-state index contributed by atoms with van der Waals surface area (Å²) >= 11 is 0. The minimum atomic E-state index is 0.113. The number of rotatable bonds is 4. The molecular formula is C16H17N3O2. The van der Waals surface area contributed by atoms with Crippen molar-refractivity contribution in [2.75, 3.05) is 12.3 Å². The van der Waals surface area contributed by atoms with Gasteiger partial charge >= 0.3 is 0 Å². The summed E-state index contributed by atoms with van der Waals surface area (Å²) in [4.78, 5) is 0. The van der Waals surface area contributed by atoms with Gasteiger partial charge in [0.15, 0.2) is 0 Å². The molecule has 2 aromatic rings. The molecule has 1 aromatic carbocycles. The van der Waals surface area contributed by atoms with Gasteiger partial charge in [0.25, 0.3) is 0 Å². The normalized spacial score (nSPS) is 17.6. The van der Waals surface area contributed by atoms with Crippen LogP contribution in [0.25, 0.3) is 0 Å². The van der Waals surface area contributed by atoms with Crippen LogP contribution in [0.2, 0.25) is 0 Å². The first kappa shape index (κ1) is 13.5. The lowest BCUT2D eigenvalue weighted by molar-refractivity contribution is 0.0952. The van der Waals surface area contributed by atoms with Crippen molar-refractivity contribution in [3.63, 3.8) is 0 Å². The molecule has 0 saturated carbocycles. The van der Waals surface area contributed by atoms with Gasteiger partial charge in [-0.2, -0.15) is 5.26 Å². The first-order valence-corrected chi connectivity index (χ1v) is 7.01. The molecule has 0 unspecified atom stereocenters. The summed E-state index contributed by atoms with van der Waals surface area (Å²) in [5.41, 5.74) is 6.96. The molecule has 0 bridgehead atoms. The highest BCUT2D eigenvalue weighted by atomic mass is 16.5. The smallest absolute Gasteiger partial charge is 0.224 e. The Bertz CT molecular complexity index is 652. The molecule has 5 heteroatoms.